The average molecular weight is 234 g/mol. The lowest BCUT2D eigenvalue weighted by atomic mass is 10.1. The number of aromatic amines is 1. The van der Waals surface area contributed by atoms with Crippen LogP contribution in [-0.2, 0) is 4.74 Å². The second-order valence-electron chi connectivity index (χ2n) is 3.36. The first kappa shape index (κ1) is 11.1. The van der Waals surface area contributed by atoms with E-state index < -0.39 is 42.6 Å². The Hall–Kier alpha value is -1.42. The van der Waals surface area contributed by atoms with Crippen molar-refractivity contribution in [3.63, 3.8) is 0 Å². The second-order valence-corrected chi connectivity index (χ2v) is 3.36. The van der Waals surface area contributed by atoms with Crippen LogP contribution in [0.2, 0.25) is 0 Å². The van der Waals surface area contributed by atoms with Gasteiger partial charge >= 0.3 is 11.4 Å². The molecule has 0 unspecified atom stereocenters. The third-order valence-corrected chi connectivity index (χ3v) is 2.34. The Morgan fingerprint density at radius 1 is 1.31 bits per heavy atom. The molecule has 1 fully saturated rings. The van der Waals surface area contributed by atoms with Crippen LogP contribution in [0, 0.1) is 0 Å². The van der Waals surface area contributed by atoms with Crippen molar-refractivity contribution in [3.8, 4) is 0 Å². The molecule has 9 heteroatoms. The molecule has 0 spiro atoms. The number of hydrogen-bond acceptors (Lipinski definition) is 7. The van der Waals surface area contributed by atoms with Gasteiger partial charge in [-0.15, -0.1) is 4.74 Å². The van der Waals surface area contributed by atoms with Crippen LogP contribution in [0.3, 0.4) is 0 Å². The lowest BCUT2D eigenvalue weighted by Crippen LogP contribution is -2.34. The van der Waals surface area contributed by atoms with Crippen LogP contribution in [0.5, 0.6) is 0 Å². The van der Waals surface area contributed by atoms with Gasteiger partial charge in [-0.1, -0.05) is 0 Å². The van der Waals surface area contributed by atoms with Crippen molar-refractivity contribution in [2.24, 2.45) is 0 Å². The summed E-state index contributed by atoms with van der Waals surface area (Å²) in [7, 11) is 0. The van der Waals surface area contributed by atoms with Gasteiger partial charge in [0, 0.05) is 0 Å². The molecule has 0 radical (unpaired) electrons. The lowest BCUT2D eigenvalue weighted by Gasteiger charge is -2.11. The summed E-state index contributed by atoms with van der Waals surface area (Å²) in [5.74, 6) is -0.997. The molecule has 0 saturated carbocycles. The molecule has 1 aromatic rings. The Kier molecular flexibility index (Phi) is 2.68. The summed E-state index contributed by atoms with van der Waals surface area (Å²) in [4.78, 5) is 23.7. The minimum Gasteiger partial charge on any atom is -0.394 e. The Labute approximate surface area is 87.5 Å². The largest absolute Gasteiger partial charge is 0.440 e. The van der Waals surface area contributed by atoms with Gasteiger partial charge < -0.3 is 24.6 Å². The van der Waals surface area contributed by atoms with Crippen LogP contribution < -0.4 is 11.4 Å². The van der Waals surface area contributed by atoms with Crippen LogP contribution >= 0.6 is 0 Å². The number of H-pyrrole nitrogens is 1. The first-order valence-electron chi connectivity index (χ1n) is 4.49. The van der Waals surface area contributed by atoms with Crippen molar-refractivity contribution in [2.75, 3.05) is 6.61 Å². The molecule has 9 nitrogen and oxygen atoms in total. The summed E-state index contributed by atoms with van der Waals surface area (Å²) in [5, 5.41) is 27.7. The number of aliphatic hydroxyl groups is 3. The number of nitrogens with zero attached hydrogens (tertiary/aromatic N) is 1. The molecule has 90 valence electrons. The van der Waals surface area contributed by atoms with Crippen molar-refractivity contribution in [2.45, 2.75) is 24.5 Å². The molecule has 1 aliphatic heterocycles. The highest BCUT2D eigenvalue weighted by molar-refractivity contribution is 4.87. The minimum atomic E-state index is -1.46. The highest BCUT2D eigenvalue weighted by Gasteiger charge is 2.45. The highest BCUT2D eigenvalue weighted by atomic mass is 16.6. The Balaban J connectivity index is 2.33. The summed E-state index contributed by atoms with van der Waals surface area (Å²) in [6, 6.07) is 0. The maximum absolute atomic E-state index is 11.2. The smallest absolute Gasteiger partial charge is 0.394 e. The van der Waals surface area contributed by atoms with E-state index in [9.17, 15) is 19.8 Å². The number of aromatic nitrogens is 2. The average Bonchev–Trinajstić information content (AvgIpc) is 2.70. The van der Waals surface area contributed by atoms with E-state index >= 15 is 0 Å². The van der Waals surface area contributed by atoms with E-state index in [0.29, 0.717) is 4.74 Å². The molecular weight excluding hydrogens is 224 g/mol. The molecular formula is C7H10N2O7. The summed E-state index contributed by atoms with van der Waals surface area (Å²) >= 11 is 0. The van der Waals surface area contributed by atoms with Crippen molar-refractivity contribution < 1.29 is 24.6 Å². The van der Waals surface area contributed by atoms with Crippen LogP contribution in [0.25, 0.3) is 0 Å². The van der Waals surface area contributed by atoms with E-state index in [0.717, 1.165) is 0 Å². The molecule has 0 amide bonds. The lowest BCUT2D eigenvalue weighted by molar-refractivity contribution is -0.0902. The van der Waals surface area contributed by atoms with Crippen LogP contribution in [0.15, 0.2) is 14.1 Å². The molecule has 2 rings (SSSR count). The first-order valence-corrected chi connectivity index (χ1v) is 4.49. The predicted octanol–water partition coefficient (Wildman–Crippen LogP) is -3.26. The van der Waals surface area contributed by atoms with Gasteiger partial charge in [0.25, 0.3) is 0 Å². The number of rotatable bonds is 2. The maximum atomic E-state index is 11.2. The molecule has 4 N–H and O–H groups in total. The van der Waals surface area contributed by atoms with E-state index in [-0.39, 0.29) is 0 Å². The Bertz CT molecular complexity index is 474. The van der Waals surface area contributed by atoms with Gasteiger partial charge in [-0.05, 0) is 0 Å². The van der Waals surface area contributed by atoms with E-state index in [1.165, 1.54) is 0 Å². The van der Waals surface area contributed by atoms with Crippen molar-refractivity contribution >= 4 is 0 Å². The van der Waals surface area contributed by atoms with Crippen LogP contribution in [0.1, 0.15) is 6.23 Å². The normalized spacial score (nSPS) is 34.4. The zero-order chi connectivity index (χ0) is 11.9. The summed E-state index contributed by atoms with van der Waals surface area (Å²) < 4.78 is 9.88. The number of aliphatic hydroxyl groups excluding tert-OH is 3. The van der Waals surface area contributed by atoms with Gasteiger partial charge in [-0.3, -0.25) is 0 Å². The minimum absolute atomic E-state index is 0.478. The van der Waals surface area contributed by atoms with Gasteiger partial charge in [-0.25, -0.2) is 14.6 Å². The molecule has 1 aromatic heterocycles. The SMILES string of the molecule is O=c1[nH]c(=O)n([C@@H]2O[C@H](CO)[C@@H](O)[C@H]2O)o1. The van der Waals surface area contributed by atoms with Gasteiger partial charge in [-0.2, -0.15) is 0 Å². The fourth-order valence-corrected chi connectivity index (χ4v) is 1.54. The van der Waals surface area contributed by atoms with Gasteiger partial charge in [0.1, 0.15) is 18.3 Å². The molecule has 1 aliphatic rings. The molecule has 2 heterocycles. The predicted molar refractivity (Wildman–Crippen MR) is 46.6 cm³/mol. The first-order chi connectivity index (χ1) is 7.54. The van der Waals surface area contributed by atoms with Gasteiger partial charge in [0.2, 0.25) is 0 Å². The quantitative estimate of drug-likeness (QED) is 0.421. The summed E-state index contributed by atoms with van der Waals surface area (Å²) in [6.45, 7) is -0.530. The number of nitrogens with one attached hydrogen (secondary N) is 1. The topological polar surface area (TPSA) is 138 Å². The molecule has 16 heavy (non-hydrogen) atoms. The summed E-state index contributed by atoms with van der Waals surface area (Å²) in [6.07, 6.45) is -5.19. The van der Waals surface area contributed by atoms with Crippen LogP contribution in [0.4, 0.5) is 0 Å². The zero-order valence-electron chi connectivity index (χ0n) is 7.94. The Morgan fingerprint density at radius 3 is 2.44 bits per heavy atom. The van der Waals surface area contributed by atoms with Gasteiger partial charge in [0.15, 0.2) is 6.23 Å². The van der Waals surface area contributed by atoms with E-state index in [2.05, 4.69) is 4.52 Å². The number of ether oxygens (including phenoxy) is 1. The van der Waals surface area contributed by atoms with E-state index in [1.807, 2.05) is 0 Å². The molecule has 0 aliphatic carbocycles. The van der Waals surface area contributed by atoms with E-state index in [1.54, 1.807) is 4.98 Å². The molecule has 1 saturated heterocycles. The Morgan fingerprint density at radius 2 is 2.00 bits per heavy atom. The molecule has 4 atom stereocenters. The van der Waals surface area contributed by atoms with Crippen molar-refractivity contribution in [3.05, 3.63) is 21.0 Å². The fraction of sp³-hybridized carbons (Fsp3) is 0.714. The zero-order valence-corrected chi connectivity index (χ0v) is 7.94. The monoisotopic (exact) mass is 234 g/mol. The van der Waals surface area contributed by atoms with E-state index in [4.69, 9.17) is 9.84 Å². The summed E-state index contributed by atoms with van der Waals surface area (Å²) in [5.41, 5.74) is -0.903. The maximum Gasteiger partial charge on any atom is 0.440 e. The standard InChI is InChI=1S/C7H10N2O7/c10-1-2-3(11)4(12)5(15-2)9-6(13)8-7(14)16-9/h2-5,10-12H,1H2,(H,8,13,14)/t2-,3-,4-,5-/m1/s1. The van der Waals surface area contributed by atoms with Gasteiger partial charge in [0.05, 0.1) is 6.61 Å². The fourth-order valence-electron chi connectivity index (χ4n) is 1.54. The van der Waals surface area contributed by atoms with Crippen molar-refractivity contribution in [1.82, 2.24) is 9.72 Å². The van der Waals surface area contributed by atoms with Crippen LogP contribution in [-0.4, -0.2) is 50.0 Å². The molecule has 0 aromatic carbocycles. The molecule has 0 bridgehead atoms. The van der Waals surface area contributed by atoms with Crippen molar-refractivity contribution in [1.29, 1.82) is 0 Å². The second kappa shape index (κ2) is 3.87. The highest BCUT2D eigenvalue weighted by Crippen LogP contribution is 2.27. The third-order valence-electron chi connectivity index (χ3n) is 2.34. The number of hydrogen-bond donors (Lipinski definition) is 4. The third kappa shape index (κ3) is 1.59.